The SMILES string of the molecule is COc1ccc(/N=N/C(=O)N[C@@H](Cc2ccccc2)C(=O)O)cc1. The van der Waals surface area contributed by atoms with Crippen molar-refractivity contribution in [3.05, 3.63) is 60.2 Å². The Bertz CT molecular complexity index is 714. The van der Waals surface area contributed by atoms with Crippen molar-refractivity contribution in [3.63, 3.8) is 0 Å². The van der Waals surface area contributed by atoms with E-state index in [1.165, 1.54) is 0 Å². The fourth-order valence-corrected chi connectivity index (χ4v) is 1.98. The predicted molar refractivity (Wildman–Crippen MR) is 87.6 cm³/mol. The lowest BCUT2D eigenvalue weighted by Crippen LogP contribution is -2.40. The average Bonchev–Trinajstić information content (AvgIpc) is 2.60. The number of hydrogen-bond acceptors (Lipinski definition) is 4. The largest absolute Gasteiger partial charge is 0.497 e. The van der Waals surface area contributed by atoms with Crippen LogP contribution in [0.4, 0.5) is 10.5 Å². The zero-order valence-corrected chi connectivity index (χ0v) is 13.0. The molecule has 24 heavy (non-hydrogen) atoms. The number of urea groups is 1. The molecule has 0 aromatic heterocycles. The molecule has 0 saturated carbocycles. The number of carbonyl (C=O) groups is 2. The molecule has 0 aliphatic rings. The van der Waals surface area contributed by atoms with Crippen molar-refractivity contribution >= 4 is 17.7 Å². The molecule has 0 saturated heterocycles. The summed E-state index contributed by atoms with van der Waals surface area (Å²) < 4.78 is 5.01. The second-order valence-corrected chi connectivity index (χ2v) is 4.93. The summed E-state index contributed by atoms with van der Waals surface area (Å²) >= 11 is 0. The lowest BCUT2D eigenvalue weighted by molar-refractivity contribution is -0.139. The number of hydrogen-bond donors (Lipinski definition) is 2. The second kappa shape index (κ2) is 8.42. The van der Waals surface area contributed by atoms with Gasteiger partial charge in [-0.15, -0.1) is 5.11 Å². The number of amides is 2. The second-order valence-electron chi connectivity index (χ2n) is 4.93. The summed E-state index contributed by atoms with van der Waals surface area (Å²) in [5, 5.41) is 18.8. The van der Waals surface area contributed by atoms with E-state index in [1.807, 2.05) is 6.07 Å². The number of carboxylic acid groups (broad SMARTS) is 1. The van der Waals surface area contributed by atoms with E-state index in [-0.39, 0.29) is 6.42 Å². The highest BCUT2D eigenvalue weighted by Crippen LogP contribution is 2.17. The molecule has 0 radical (unpaired) electrons. The van der Waals surface area contributed by atoms with E-state index < -0.39 is 18.0 Å². The van der Waals surface area contributed by atoms with Gasteiger partial charge in [-0.3, -0.25) is 0 Å². The summed E-state index contributed by atoms with van der Waals surface area (Å²) in [6.45, 7) is 0. The first-order valence-corrected chi connectivity index (χ1v) is 7.21. The van der Waals surface area contributed by atoms with Crippen LogP contribution in [0.5, 0.6) is 5.75 Å². The summed E-state index contributed by atoms with van der Waals surface area (Å²) in [5.41, 5.74) is 1.26. The average molecular weight is 327 g/mol. The van der Waals surface area contributed by atoms with Crippen LogP contribution in [0.2, 0.25) is 0 Å². The van der Waals surface area contributed by atoms with Crippen molar-refractivity contribution in [1.82, 2.24) is 5.32 Å². The number of methoxy groups -OCH3 is 1. The monoisotopic (exact) mass is 327 g/mol. The summed E-state index contributed by atoms with van der Waals surface area (Å²) in [5.74, 6) is -0.473. The normalized spacial score (nSPS) is 11.9. The van der Waals surface area contributed by atoms with Crippen LogP contribution in [-0.4, -0.2) is 30.3 Å². The zero-order valence-electron chi connectivity index (χ0n) is 13.0. The van der Waals surface area contributed by atoms with Crippen LogP contribution >= 0.6 is 0 Å². The molecule has 1 atom stereocenters. The van der Waals surface area contributed by atoms with Gasteiger partial charge in [-0.2, -0.15) is 0 Å². The zero-order chi connectivity index (χ0) is 17.4. The molecule has 124 valence electrons. The van der Waals surface area contributed by atoms with Crippen LogP contribution in [0, 0.1) is 0 Å². The Morgan fingerprint density at radius 3 is 2.38 bits per heavy atom. The fraction of sp³-hybridized carbons (Fsp3) is 0.176. The van der Waals surface area contributed by atoms with Crippen molar-refractivity contribution in [2.75, 3.05) is 7.11 Å². The maximum Gasteiger partial charge on any atom is 0.360 e. The number of benzene rings is 2. The Labute approximate surface area is 139 Å². The first-order chi connectivity index (χ1) is 11.6. The number of aliphatic carboxylic acids is 1. The van der Waals surface area contributed by atoms with Crippen LogP contribution < -0.4 is 10.1 Å². The van der Waals surface area contributed by atoms with E-state index in [0.717, 1.165) is 5.56 Å². The van der Waals surface area contributed by atoms with Gasteiger partial charge < -0.3 is 15.2 Å². The minimum atomic E-state index is -1.13. The molecule has 0 bridgehead atoms. The van der Waals surface area contributed by atoms with Crippen molar-refractivity contribution in [1.29, 1.82) is 0 Å². The Kier molecular flexibility index (Phi) is 6.01. The molecule has 7 nitrogen and oxygen atoms in total. The topological polar surface area (TPSA) is 100 Å². The molecule has 2 aromatic carbocycles. The maximum atomic E-state index is 11.8. The highest BCUT2D eigenvalue weighted by molar-refractivity contribution is 5.83. The lowest BCUT2D eigenvalue weighted by Gasteiger charge is -2.12. The van der Waals surface area contributed by atoms with Crippen molar-refractivity contribution in [2.45, 2.75) is 12.5 Å². The van der Waals surface area contributed by atoms with Gasteiger partial charge in [0.05, 0.1) is 12.8 Å². The molecular weight excluding hydrogens is 310 g/mol. The maximum absolute atomic E-state index is 11.8. The number of nitrogens with zero attached hydrogens (tertiary/aromatic N) is 2. The van der Waals surface area contributed by atoms with Gasteiger partial charge in [-0.1, -0.05) is 35.4 Å². The first kappa shape index (κ1) is 17.1. The molecule has 0 spiro atoms. The van der Waals surface area contributed by atoms with Gasteiger partial charge in [0.2, 0.25) is 0 Å². The van der Waals surface area contributed by atoms with Crippen molar-refractivity contribution in [3.8, 4) is 5.75 Å². The smallest absolute Gasteiger partial charge is 0.360 e. The first-order valence-electron chi connectivity index (χ1n) is 7.21. The molecular formula is C17H17N3O4. The van der Waals surface area contributed by atoms with Gasteiger partial charge in [0.15, 0.2) is 0 Å². The number of nitrogens with one attached hydrogen (secondary N) is 1. The third kappa shape index (κ3) is 5.20. The van der Waals surface area contributed by atoms with Crippen LogP contribution in [0.3, 0.4) is 0 Å². The molecule has 0 aliphatic heterocycles. The van der Waals surface area contributed by atoms with E-state index in [0.29, 0.717) is 11.4 Å². The van der Waals surface area contributed by atoms with Crippen LogP contribution in [0.15, 0.2) is 64.8 Å². The molecule has 2 aromatic rings. The number of azo groups is 1. The third-order valence-corrected chi connectivity index (χ3v) is 3.21. The summed E-state index contributed by atoms with van der Waals surface area (Å²) in [6, 6.07) is 13.8. The Hall–Kier alpha value is -3.22. The fourth-order valence-electron chi connectivity index (χ4n) is 1.98. The van der Waals surface area contributed by atoms with Crippen LogP contribution in [-0.2, 0) is 11.2 Å². The minimum Gasteiger partial charge on any atom is -0.497 e. The minimum absolute atomic E-state index is 0.167. The molecule has 2 rings (SSSR count). The Morgan fingerprint density at radius 1 is 1.12 bits per heavy atom. The number of carbonyl (C=O) groups excluding carboxylic acids is 1. The van der Waals surface area contributed by atoms with Gasteiger partial charge in [0.25, 0.3) is 0 Å². The van der Waals surface area contributed by atoms with Crippen LogP contribution in [0.1, 0.15) is 5.56 Å². The molecule has 2 amide bonds. The van der Waals surface area contributed by atoms with Gasteiger partial charge in [0.1, 0.15) is 11.8 Å². The molecule has 0 unspecified atom stereocenters. The third-order valence-electron chi connectivity index (χ3n) is 3.21. The lowest BCUT2D eigenvalue weighted by atomic mass is 10.1. The summed E-state index contributed by atoms with van der Waals surface area (Å²) in [6.07, 6.45) is 0.167. The quantitative estimate of drug-likeness (QED) is 0.796. The van der Waals surface area contributed by atoms with E-state index in [9.17, 15) is 14.7 Å². The van der Waals surface area contributed by atoms with Crippen molar-refractivity contribution in [2.24, 2.45) is 10.2 Å². The Morgan fingerprint density at radius 2 is 1.79 bits per heavy atom. The molecule has 0 heterocycles. The molecule has 7 heteroatoms. The van der Waals surface area contributed by atoms with Gasteiger partial charge >= 0.3 is 12.0 Å². The van der Waals surface area contributed by atoms with E-state index in [1.54, 1.807) is 55.6 Å². The molecule has 0 aliphatic carbocycles. The van der Waals surface area contributed by atoms with E-state index >= 15 is 0 Å². The van der Waals surface area contributed by atoms with E-state index in [2.05, 4.69) is 15.5 Å². The summed E-state index contributed by atoms with van der Waals surface area (Å²) in [7, 11) is 1.54. The van der Waals surface area contributed by atoms with Gasteiger partial charge in [-0.25, -0.2) is 9.59 Å². The highest BCUT2D eigenvalue weighted by atomic mass is 16.5. The van der Waals surface area contributed by atoms with Crippen molar-refractivity contribution < 1.29 is 19.4 Å². The molecule has 2 N–H and O–H groups in total. The predicted octanol–water partition coefficient (Wildman–Crippen LogP) is 3.18. The number of ether oxygens (including phenoxy) is 1. The Balaban J connectivity index is 1.97. The number of rotatable bonds is 6. The van der Waals surface area contributed by atoms with Crippen LogP contribution in [0.25, 0.3) is 0 Å². The summed E-state index contributed by atoms with van der Waals surface area (Å²) in [4.78, 5) is 23.1. The highest BCUT2D eigenvalue weighted by Gasteiger charge is 2.20. The molecule has 0 fully saturated rings. The van der Waals surface area contributed by atoms with Gasteiger partial charge in [-0.05, 0) is 29.8 Å². The standard InChI is InChI=1S/C17H17N3O4/c1-24-14-9-7-13(8-10-14)19-20-17(23)18-15(16(21)22)11-12-5-3-2-4-6-12/h2-10,15H,11H2,1H3,(H,18,23)(H,21,22)/b20-19+/t15-/m0/s1. The van der Waals surface area contributed by atoms with E-state index in [4.69, 9.17) is 4.74 Å². The number of carboxylic acids is 1. The van der Waals surface area contributed by atoms with Gasteiger partial charge in [0, 0.05) is 6.42 Å².